The lowest BCUT2D eigenvalue weighted by atomic mass is 10.1. The Morgan fingerprint density at radius 3 is 1.81 bits per heavy atom. The Hall–Kier alpha value is -3.09. The standard InChI is InChI=1S/C19H21NO6/c1-5-25-18(23)15-11(3)20(12(4)16(15)19(24)26-6-2)14-10-8-7-9-13(14)17(21)22/h7-10H,5-6H2,1-4H3,(H,21,22). The Morgan fingerprint density at radius 1 is 0.923 bits per heavy atom. The first-order chi connectivity index (χ1) is 12.3. The molecule has 7 heteroatoms. The number of para-hydroxylation sites is 1. The number of rotatable bonds is 6. The summed E-state index contributed by atoms with van der Waals surface area (Å²) in [5.74, 6) is -2.41. The monoisotopic (exact) mass is 359 g/mol. The summed E-state index contributed by atoms with van der Waals surface area (Å²) in [6.07, 6.45) is 0. The lowest BCUT2D eigenvalue weighted by Gasteiger charge is -2.12. The summed E-state index contributed by atoms with van der Waals surface area (Å²) >= 11 is 0. The summed E-state index contributed by atoms with van der Waals surface area (Å²) in [5, 5.41) is 9.48. The van der Waals surface area contributed by atoms with Crippen LogP contribution < -0.4 is 0 Å². The van der Waals surface area contributed by atoms with E-state index in [1.807, 2.05) is 0 Å². The van der Waals surface area contributed by atoms with Gasteiger partial charge in [-0.1, -0.05) is 12.1 Å². The van der Waals surface area contributed by atoms with Crippen molar-refractivity contribution in [2.45, 2.75) is 27.7 Å². The molecule has 138 valence electrons. The van der Waals surface area contributed by atoms with E-state index in [1.165, 1.54) is 6.07 Å². The van der Waals surface area contributed by atoms with Gasteiger partial charge >= 0.3 is 17.9 Å². The Morgan fingerprint density at radius 2 is 1.38 bits per heavy atom. The van der Waals surface area contributed by atoms with Crippen molar-refractivity contribution in [1.29, 1.82) is 0 Å². The Kier molecular flexibility index (Phi) is 5.82. The average molecular weight is 359 g/mol. The molecule has 7 nitrogen and oxygen atoms in total. The largest absolute Gasteiger partial charge is 0.478 e. The molecule has 0 fully saturated rings. The molecule has 0 saturated carbocycles. The molecule has 2 aromatic rings. The number of aromatic carboxylic acids is 1. The van der Waals surface area contributed by atoms with Crippen molar-refractivity contribution in [2.24, 2.45) is 0 Å². The maximum Gasteiger partial charge on any atom is 0.340 e. The number of carbonyl (C=O) groups excluding carboxylic acids is 2. The highest BCUT2D eigenvalue weighted by atomic mass is 16.5. The minimum atomic E-state index is -1.11. The molecular formula is C19H21NO6. The zero-order valence-electron chi connectivity index (χ0n) is 15.2. The molecule has 1 aromatic heterocycles. The molecular weight excluding hydrogens is 338 g/mol. The minimum absolute atomic E-state index is 0.0551. The van der Waals surface area contributed by atoms with Gasteiger partial charge in [-0.25, -0.2) is 14.4 Å². The second-order valence-corrected chi connectivity index (χ2v) is 5.52. The number of nitrogens with zero attached hydrogens (tertiary/aromatic N) is 1. The van der Waals surface area contributed by atoms with Crippen LogP contribution in [-0.4, -0.2) is 40.8 Å². The van der Waals surface area contributed by atoms with Crippen LogP contribution in [0.2, 0.25) is 0 Å². The first-order valence-electron chi connectivity index (χ1n) is 8.23. The summed E-state index contributed by atoms with van der Waals surface area (Å²) in [6.45, 7) is 6.91. The van der Waals surface area contributed by atoms with Gasteiger partial charge < -0.3 is 19.1 Å². The highest BCUT2D eigenvalue weighted by Crippen LogP contribution is 2.29. The first-order valence-corrected chi connectivity index (χ1v) is 8.23. The van der Waals surface area contributed by atoms with Crippen LogP contribution in [0.4, 0.5) is 0 Å². The van der Waals surface area contributed by atoms with Crippen molar-refractivity contribution in [3.05, 3.63) is 52.3 Å². The second-order valence-electron chi connectivity index (χ2n) is 5.52. The lowest BCUT2D eigenvalue weighted by Crippen LogP contribution is -2.13. The fourth-order valence-corrected chi connectivity index (χ4v) is 2.95. The molecule has 1 aromatic carbocycles. The summed E-state index contributed by atoms with van der Waals surface area (Å²) in [4.78, 5) is 36.5. The highest BCUT2D eigenvalue weighted by molar-refractivity contribution is 6.05. The maximum atomic E-state index is 12.5. The van der Waals surface area contributed by atoms with E-state index in [9.17, 15) is 19.5 Å². The van der Waals surface area contributed by atoms with Crippen molar-refractivity contribution in [3.8, 4) is 5.69 Å². The number of hydrogen-bond acceptors (Lipinski definition) is 5. The molecule has 1 heterocycles. The number of hydrogen-bond donors (Lipinski definition) is 1. The van der Waals surface area contributed by atoms with Crippen LogP contribution in [0.5, 0.6) is 0 Å². The third-order valence-electron chi connectivity index (χ3n) is 3.98. The molecule has 0 amide bonds. The van der Waals surface area contributed by atoms with Gasteiger partial charge in [-0.05, 0) is 39.8 Å². The fraction of sp³-hybridized carbons (Fsp3) is 0.316. The SMILES string of the molecule is CCOC(=O)c1c(C(=O)OCC)c(C)n(-c2ccccc2C(=O)O)c1C. The number of carbonyl (C=O) groups is 3. The van der Waals surface area contributed by atoms with Gasteiger partial charge in [0, 0.05) is 11.4 Å². The summed E-state index contributed by atoms with van der Waals surface area (Å²) in [7, 11) is 0. The number of carboxylic acid groups (broad SMARTS) is 1. The van der Waals surface area contributed by atoms with Crippen molar-refractivity contribution in [3.63, 3.8) is 0 Å². The summed E-state index contributed by atoms with van der Waals surface area (Å²) in [6, 6.07) is 6.38. The van der Waals surface area contributed by atoms with Crippen LogP contribution >= 0.6 is 0 Å². The van der Waals surface area contributed by atoms with Crippen molar-refractivity contribution in [2.75, 3.05) is 13.2 Å². The van der Waals surface area contributed by atoms with Gasteiger partial charge in [0.1, 0.15) is 0 Å². The van der Waals surface area contributed by atoms with E-state index < -0.39 is 17.9 Å². The Balaban J connectivity index is 2.81. The molecule has 0 radical (unpaired) electrons. The van der Waals surface area contributed by atoms with E-state index in [0.29, 0.717) is 17.1 Å². The van der Waals surface area contributed by atoms with E-state index in [-0.39, 0.29) is 29.9 Å². The average Bonchev–Trinajstić information content (AvgIpc) is 2.86. The van der Waals surface area contributed by atoms with Crippen LogP contribution in [0, 0.1) is 13.8 Å². The van der Waals surface area contributed by atoms with Crippen LogP contribution in [0.1, 0.15) is 56.3 Å². The van der Waals surface area contributed by atoms with E-state index >= 15 is 0 Å². The van der Waals surface area contributed by atoms with E-state index in [4.69, 9.17) is 9.47 Å². The van der Waals surface area contributed by atoms with Crippen LogP contribution in [0.25, 0.3) is 5.69 Å². The van der Waals surface area contributed by atoms with Crippen molar-refractivity contribution in [1.82, 2.24) is 4.57 Å². The van der Waals surface area contributed by atoms with Gasteiger partial charge in [0.25, 0.3) is 0 Å². The predicted octanol–water partition coefficient (Wildman–Crippen LogP) is 3.15. The second kappa shape index (κ2) is 7.86. The quantitative estimate of drug-likeness (QED) is 0.796. The summed E-state index contributed by atoms with van der Waals surface area (Å²) < 4.78 is 11.7. The van der Waals surface area contributed by atoms with Gasteiger partial charge in [0.2, 0.25) is 0 Å². The normalized spacial score (nSPS) is 10.5. The lowest BCUT2D eigenvalue weighted by molar-refractivity contribution is 0.0479. The molecule has 1 N–H and O–H groups in total. The Labute approximate surface area is 151 Å². The molecule has 0 aliphatic heterocycles. The number of carboxylic acids is 1. The summed E-state index contributed by atoms with van der Waals surface area (Å²) in [5.41, 5.74) is 1.41. The van der Waals surface area contributed by atoms with Gasteiger partial charge in [0.15, 0.2) is 0 Å². The van der Waals surface area contributed by atoms with Gasteiger partial charge in [0.05, 0.1) is 35.6 Å². The topological polar surface area (TPSA) is 94.8 Å². The third kappa shape index (κ3) is 3.33. The smallest absolute Gasteiger partial charge is 0.340 e. The predicted molar refractivity (Wildman–Crippen MR) is 94.1 cm³/mol. The van der Waals surface area contributed by atoms with Gasteiger partial charge in [-0.3, -0.25) is 0 Å². The molecule has 0 aliphatic rings. The number of ether oxygens (including phenoxy) is 2. The van der Waals surface area contributed by atoms with Crippen molar-refractivity contribution < 1.29 is 29.0 Å². The minimum Gasteiger partial charge on any atom is -0.478 e. The Bertz CT molecular complexity index is 824. The van der Waals surface area contributed by atoms with Crippen LogP contribution in [0.3, 0.4) is 0 Å². The molecule has 0 atom stereocenters. The van der Waals surface area contributed by atoms with E-state index in [2.05, 4.69) is 0 Å². The van der Waals surface area contributed by atoms with Gasteiger partial charge in [-0.2, -0.15) is 0 Å². The van der Waals surface area contributed by atoms with Crippen LogP contribution in [-0.2, 0) is 9.47 Å². The fourth-order valence-electron chi connectivity index (χ4n) is 2.95. The van der Waals surface area contributed by atoms with Crippen molar-refractivity contribution >= 4 is 17.9 Å². The van der Waals surface area contributed by atoms with E-state index in [1.54, 1.807) is 50.5 Å². The first kappa shape index (κ1) is 19.2. The number of benzene rings is 1. The molecule has 0 spiro atoms. The molecule has 0 aliphatic carbocycles. The third-order valence-corrected chi connectivity index (χ3v) is 3.98. The van der Waals surface area contributed by atoms with Gasteiger partial charge in [-0.15, -0.1) is 0 Å². The molecule has 0 bridgehead atoms. The number of aromatic nitrogens is 1. The zero-order valence-corrected chi connectivity index (χ0v) is 15.2. The number of esters is 2. The maximum absolute atomic E-state index is 12.5. The van der Waals surface area contributed by atoms with Crippen LogP contribution in [0.15, 0.2) is 24.3 Å². The molecule has 0 unspecified atom stereocenters. The zero-order chi connectivity index (χ0) is 19.4. The molecule has 2 rings (SSSR count). The molecule has 26 heavy (non-hydrogen) atoms. The highest BCUT2D eigenvalue weighted by Gasteiger charge is 2.30. The van der Waals surface area contributed by atoms with E-state index in [0.717, 1.165) is 0 Å². The molecule has 0 saturated heterocycles.